The number of hydrazone groups is 1. The zero-order chi connectivity index (χ0) is 16.4. The number of fused-ring (bicyclic) bond motifs is 1. The third-order valence-corrected chi connectivity index (χ3v) is 4.43. The minimum absolute atomic E-state index is 0.379. The van der Waals surface area contributed by atoms with Crippen LogP contribution in [0.25, 0.3) is 0 Å². The van der Waals surface area contributed by atoms with Gasteiger partial charge in [0.2, 0.25) is 0 Å². The highest BCUT2D eigenvalue weighted by Gasteiger charge is 2.20. The number of hydrogen-bond donors (Lipinski definition) is 1. The summed E-state index contributed by atoms with van der Waals surface area (Å²) in [5.74, 6) is 7.21. The fourth-order valence-corrected chi connectivity index (χ4v) is 2.92. The summed E-state index contributed by atoms with van der Waals surface area (Å²) >= 11 is 1.40. The normalized spacial score (nSPS) is 20.1. The van der Waals surface area contributed by atoms with Crippen molar-refractivity contribution in [3.63, 3.8) is 0 Å². The van der Waals surface area contributed by atoms with Gasteiger partial charge in [0, 0.05) is 0 Å². The molecule has 23 heavy (non-hydrogen) atoms. The van der Waals surface area contributed by atoms with E-state index >= 15 is 0 Å². The van der Waals surface area contributed by atoms with Crippen molar-refractivity contribution in [3.05, 3.63) is 46.8 Å². The topological polar surface area (TPSA) is 54.5 Å². The van der Waals surface area contributed by atoms with E-state index in [0.717, 1.165) is 28.4 Å². The van der Waals surface area contributed by atoms with Gasteiger partial charge >= 0.3 is 0 Å². The van der Waals surface area contributed by atoms with Gasteiger partial charge in [-0.05, 0) is 48.3 Å². The van der Waals surface area contributed by atoms with E-state index in [4.69, 9.17) is 10.8 Å². The van der Waals surface area contributed by atoms with Gasteiger partial charge in [-0.1, -0.05) is 38.2 Å². The predicted octanol–water partition coefficient (Wildman–Crippen LogP) is 3.77. The fourth-order valence-electron chi connectivity index (χ4n) is 2.38. The molecule has 0 bridgehead atoms. The van der Waals surface area contributed by atoms with Crippen LogP contribution < -0.4 is 5.73 Å². The highest BCUT2D eigenvalue weighted by Crippen LogP contribution is 2.27. The number of allylic oxidation sites excluding steroid dienone is 5. The molecule has 118 valence electrons. The first-order valence-electron chi connectivity index (χ1n) is 7.75. The average molecular weight is 324 g/mol. The zero-order valence-corrected chi connectivity index (χ0v) is 14.4. The van der Waals surface area contributed by atoms with Crippen LogP contribution in [-0.2, 0) is 0 Å². The molecule has 0 aromatic carbocycles. The van der Waals surface area contributed by atoms with Crippen molar-refractivity contribution in [3.8, 4) is 11.8 Å². The van der Waals surface area contributed by atoms with Crippen molar-refractivity contribution >= 4 is 22.2 Å². The van der Waals surface area contributed by atoms with Crippen LogP contribution in [0.3, 0.4) is 0 Å². The Morgan fingerprint density at radius 1 is 1.35 bits per heavy atom. The maximum Gasteiger partial charge on any atom is 0.181 e. The summed E-state index contributed by atoms with van der Waals surface area (Å²) < 4.78 is 0. The molecule has 0 saturated carbocycles. The smallest absolute Gasteiger partial charge is 0.181 e. The molecule has 0 amide bonds. The van der Waals surface area contributed by atoms with Gasteiger partial charge in [-0.2, -0.15) is 5.10 Å². The van der Waals surface area contributed by atoms with Crippen molar-refractivity contribution in [1.82, 2.24) is 9.99 Å². The van der Waals surface area contributed by atoms with Crippen LogP contribution in [0.1, 0.15) is 32.1 Å². The Morgan fingerprint density at radius 2 is 2.17 bits per heavy atom. The zero-order valence-electron chi connectivity index (χ0n) is 13.6. The second-order valence-corrected chi connectivity index (χ2v) is 7.09. The molecule has 0 saturated heterocycles. The quantitative estimate of drug-likeness (QED) is 0.800. The van der Waals surface area contributed by atoms with Gasteiger partial charge in [0.25, 0.3) is 0 Å². The molecule has 2 N–H and O–H groups in total. The summed E-state index contributed by atoms with van der Waals surface area (Å²) in [4.78, 5) is 4.91. The second-order valence-electron chi connectivity index (χ2n) is 6.03. The fraction of sp³-hybridized carbons (Fsp3) is 0.333. The standard InChI is InChI=1S/C18H20N4S/c1-12(2)17-9-7-14-5-4-13(3)10-15(22(14)21-17)6-8-16-11-20-18(19)23-16/h5,7,9-13H,4H2,1-3H3,(H2,19,20). The van der Waals surface area contributed by atoms with Crippen LogP contribution in [0, 0.1) is 23.7 Å². The van der Waals surface area contributed by atoms with Crippen LogP contribution in [0.2, 0.25) is 0 Å². The molecule has 1 unspecified atom stereocenters. The summed E-state index contributed by atoms with van der Waals surface area (Å²) in [5, 5.41) is 7.28. The van der Waals surface area contributed by atoms with Gasteiger partial charge in [0.15, 0.2) is 5.13 Å². The molecule has 0 fully saturated rings. The van der Waals surface area contributed by atoms with Gasteiger partial charge in [-0.25, -0.2) is 9.99 Å². The van der Waals surface area contributed by atoms with Crippen LogP contribution in [0.4, 0.5) is 5.13 Å². The largest absolute Gasteiger partial charge is 0.375 e. The van der Waals surface area contributed by atoms with Gasteiger partial charge < -0.3 is 5.73 Å². The molecule has 3 rings (SSSR count). The summed E-state index contributed by atoms with van der Waals surface area (Å²) in [5.41, 5.74) is 8.73. The number of anilines is 1. The highest BCUT2D eigenvalue weighted by atomic mass is 32.1. The Hall–Kier alpha value is -2.32. The number of hydrogen-bond acceptors (Lipinski definition) is 5. The molecule has 4 nitrogen and oxygen atoms in total. The van der Waals surface area contributed by atoms with Gasteiger partial charge in [0.1, 0.15) is 5.70 Å². The minimum atomic E-state index is 0.379. The molecule has 0 radical (unpaired) electrons. The maximum atomic E-state index is 5.67. The number of thiazole rings is 1. The Morgan fingerprint density at radius 3 is 2.87 bits per heavy atom. The summed E-state index contributed by atoms with van der Waals surface area (Å²) in [6.07, 6.45) is 11.3. The molecule has 5 heteroatoms. The lowest BCUT2D eigenvalue weighted by molar-refractivity contribution is 0.479. The molecule has 0 aliphatic carbocycles. The van der Waals surface area contributed by atoms with Gasteiger partial charge in [-0.3, -0.25) is 0 Å². The van der Waals surface area contributed by atoms with E-state index in [0.29, 0.717) is 17.0 Å². The Kier molecular flexibility index (Phi) is 4.35. The molecular formula is C18H20N4S. The van der Waals surface area contributed by atoms with Crippen molar-refractivity contribution in [2.45, 2.75) is 27.2 Å². The van der Waals surface area contributed by atoms with E-state index in [-0.39, 0.29) is 0 Å². The lowest BCUT2D eigenvalue weighted by Crippen LogP contribution is -2.22. The molecule has 3 heterocycles. The molecule has 2 aliphatic rings. The van der Waals surface area contributed by atoms with E-state index in [1.807, 2.05) is 5.01 Å². The highest BCUT2D eigenvalue weighted by molar-refractivity contribution is 7.15. The molecule has 1 aromatic rings. The number of nitrogen functional groups attached to an aromatic ring is 1. The number of nitrogens with two attached hydrogens (primary N) is 1. The monoisotopic (exact) mass is 324 g/mol. The lowest BCUT2D eigenvalue weighted by Gasteiger charge is -2.24. The first-order valence-corrected chi connectivity index (χ1v) is 8.56. The number of aromatic nitrogens is 1. The lowest BCUT2D eigenvalue weighted by atomic mass is 10.1. The summed E-state index contributed by atoms with van der Waals surface area (Å²) in [6.45, 7) is 6.49. The number of nitrogens with zero attached hydrogens (tertiary/aromatic N) is 3. The molecule has 0 spiro atoms. The van der Waals surface area contributed by atoms with Crippen LogP contribution in [0.5, 0.6) is 0 Å². The van der Waals surface area contributed by atoms with Crippen molar-refractivity contribution in [1.29, 1.82) is 0 Å². The average Bonchev–Trinajstić information content (AvgIpc) is 2.87. The van der Waals surface area contributed by atoms with Crippen LogP contribution >= 0.6 is 11.3 Å². The molecule has 2 aliphatic heterocycles. The number of rotatable bonds is 1. The van der Waals surface area contributed by atoms with Crippen molar-refractivity contribution < 1.29 is 0 Å². The maximum absolute atomic E-state index is 5.67. The van der Waals surface area contributed by atoms with E-state index < -0.39 is 0 Å². The molecular weight excluding hydrogens is 304 g/mol. The Labute approximate surface area is 141 Å². The third kappa shape index (κ3) is 3.54. The van der Waals surface area contributed by atoms with Crippen LogP contribution in [-0.4, -0.2) is 15.7 Å². The van der Waals surface area contributed by atoms with E-state index in [1.54, 1.807) is 6.20 Å². The first-order chi connectivity index (χ1) is 11.0. The van der Waals surface area contributed by atoms with Crippen LogP contribution in [0.15, 0.2) is 47.0 Å². The van der Waals surface area contributed by atoms with E-state index in [9.17, 15) is 0 Å². The van der Waals surface area contributed by atoms with E-state index in [1.165, 1.54) is 11.3 Å². The van der Waals surface area contributed by atoms with E-state index in [2.05, 4.69) is 61.9 Å². The predicted molar refractivity (Wildman–Crippen MR) is 96.6 cm³/mol. The SMILES string of the molecule is CC1C=C(C#Cc2cnc(N)s2)N2N=C(C(C)C)C=CC2=CC1. The Balaban J connectivity index is 1.98. The van der Waals surface area contributed by atoms with Crippen molar-refractivity contribution in [2.75, 3.05) is 5.73 Å². The summed E-state index contributed by atoms with van der Waals surface area (Å²) in [6, 6.07) is 0. The summed E-state index contributed by atoms with van der Waals surface area (Å²) in [7, 11) is 0. The Bertz CT molecular complexity index is 783. The molecule has 1 atom stereocenters. The molecule has 1 aromatic heterocycles. The minimum Gasteiger partial charge on any atom is -0.375 e. The third-order valence-electron chi connectivity index (χ3n) is 3.68. The van der Waals surface area contributed by atoms with Gasteiger partial charge in [-0.15, -0.1) is 0 Å². The first kappa shape index (κ1) is 15.6. The van der Waals surface area contributed by atoms with Gasteiger partial charge in [0.05, 0.1) is 22.5 Å². The van der Waals surface area contributed by atoms with Crippen molar-refractivity contribution in [2.24, 2.45) is 16.9 Å². The second kappa shape index (κ2) is 6.43.